The predicted octanol–water partition coefficient (Wildman–Crippen LogP) is 2.79. The molecule has 4 nitrogen and oxygen atoms in total. The van der Waals surface area contributed by atoms with Gasteiger partial charge in [0.05, 0.1) is 12.3 Å². The monoisotopic (exact) mass is 285 g/mol. The average Bonchev–Trinajstić information content (AvgIpc) is 3.14. The first-order valence-corrected chi connectivity index (χ1v) is 7.60. The standard InChI is InChI=1S/C17H23N3O/c1-14-11-16(20-10-4-8-18-20)7-6-15(14)12-19-9-3-5-17(19)13-21-2/h4,6-8,10-11,17H,3,5,9,12-13H2,1-2H3/t17-/m0/s1. The minimum atomic E-state index is 0.570. The Morgan fingerprint density at radius 1 is 1.38 bits per heavy atom. The normalized spacial score (nSPS) is 19.2. The van der Waals surface area contributed by atoms with Crippen molar-refractivity contribution in [2.75, 3.05) is 20.3 Å². The van der Waals surface area contributed by atoms with Crippen LogP contribution in [-0.2, 0) is 11.3 Å². The first-order valence-electron chi connectivity index (χ1n) is 7.60. The van der Waals surface area contributed by atoms with Crippen LogP contribution in [0.2, 0.25) is 0 Å². The minimum Gasteiger partial charge on any atom is -0.383 e. The van der Waals surface area contributed by atoms with E-state index in [0.717, 1.165) is 18.8 Å². The van der Waals surface area contributed by atoms with E-state index >= 15 is 0 Å². The average molecular weight is 285 g/mol. The fraction of sp³-hybridized carbons (Fsp3) is 0.471. The Bertz CT molecular complexity index is 580. The van der Waals surface area contributed by atoms with E-state index < -0.39 is 0 Å². The number of hydrogen-bond acceptors (Lipinski definition) is 3. The van der Waals surface area contributed by atoms with Crippen molar-refractivity contribution in [2.24, 2.45) is 0 Å². The van der Waals surface area contributed by atoms with Crippen LogP contribution in [0.3, 0.4) is 0 Å². The second kappa shape index (κ2) is 6.41. The molecule has 1 atom stereocenters. The molecule has 2 aromatic rings. The van der Waals surface area contributed by atoms with Gasteiger partial charge < -0.3 is 4.74 Å². The maximum atomic E-state index is 5.34. The van der Waals surface area contributed by atoms with Gasteiger partial charge >= 0.3 is 0 Å². The van der Waals surface area contributed by atoms with E-state index in [4.69, 9.17) is 4.74 Å². The molecule has 0 radical (unpaired) electrons. The summed E-state index contributed by atoms with van der Waals surface area (Å²) in [6.07, 6.45) is 6.31. The van der Waals surface area contributed by atoms with Gasteiger partial charge in [-0.25, -0.2) is 4.68 Å². The highest BCUT2D eigenvalue weighted by molar-refractivity contribution is 5.39. The van der Waals surface area contributed by atoms with E-state index in [1.165, 1.54) is 30.5 Å². The van der Waals surface area contributed by atoms with Gasteiger partial charge in [0.15, 0.2) is 0 Å². The van der Waals surface area contributed by atoms with Crippen molar-refractivity contribution in [2.45, 2.75) is 32.4 Å². The summed E-state index contributed by atoms with van der Waals surface area (Å²) in [5.41, 5.74) is 3.84. The second-order valence-electron chi connectivity index (χ2n) is 5.78. The molecule has 0 amide bonds. The quantitative estimate of drug-likeness (QED) is 0.846. The van der Waals surface area contributed by atoms with Crippen molar-refractivity contribution in [3.05, 3.63) is 47.8 Å². The molecule has 1 aliphatic rings. The summed E-state index contributed by atoms with van der Waals surface area (Å²) in [7, 11) is 1.79. The lowest BCUT2D eigenvalue weighted by molar-refractivity contribution is 0.112. The molecular formula is C17H23N3O. The van der Waals surface area contributed by atoms with Gasteiger partial charge in [0, 0.05) is 32.1 Å². The number of likely N-dealkylation sites (tertiary alicyclic amines) is 1. The van der Waals surface area contributed by atoms with Crippen LogP contribution in [0.5, 0.6) is 0 Å². The maximum absolute atomic E-state index is 5.34. The molecule has 112 valence electrons. The largest absolute Gasteiger partial charge is 0.383 e. The smallest absolute Gasteiger partial charge is 0.0648 e. The number of aryl methyl sites for hydroxylation is 1. The van der Waals surface area contributed by atoms with Crippen molar-refractivity contribution in [1.29, 1.82) is 0 Å². The summed E-state index contributed by atoms with van der Waals surface area (Å²) in [5.74, 6) is 0. The Morgan fingerprint density at radius 2 is 2.29 bits per heavy atom. The Labute approximate surface area is 126 Å². The molecule has 1 aliphatic heterocycles. The van der Waals surface area contributed by atoms with Gasteiger partial charge in [-0.2, -0.15) is 5.10 Å². The van der Waals surface area contributed by atoms with E-state index in [1.54, 1.807) is 7.11 Å². The Balaban J connectivity index is 1.74. The number of benzene rings is 1. The molecule has 0 bridgehead atoms. The van der Waals surface area contributed by atoms with Crippen LogP contribution >= 0.6 is 0 Å². The number of hydrogen-bond donors (Lipinski definition) is 0. The van der Waals surface area contributed by atoms with E-state index in [-0.39, 0.29) is 0 Å². The van der Waals surface area contributed by atoms with Crippen LogP contribution in [0.1, 0.15) is 24.0 Å². The van der Waals surface area contributed by atoms with Gasteiger partial charge in [0.25, 0.3) is 0 Å². The van der Waals surface area contributed by atoms with Crippen molar-refractivity contribution >= 4 is 0 Å². The molecule has 0 saturated carbocycles. The zero-order chi connectivity index (χ0) is 14.7. The number of rotatable bonds is 5. The van der Waals surface area contributed by atoms with Crippen LogP contribution in [0.4, 0.5) is 0 Å². The van der Waals surface area contributed by atoms with Gasteiger partial charge in [-0.3, -0.25) is 4.90 Å². The lowest BCUT2D eigenvalue weighted by Gasteiger charge is -2.24. The zero-order valence-corrected chi connectivity index (χ0v) is 12.8. The molecule has 1 saturated heterocycles. The summed E-state index contributed by atoms with van der Waals surface area (Å²) in [6, 6.07) is 9.11. The zero-order valence-electron chi connectivity index (χ0n) is 12.8. The van der Waals surface area contributed by atoms with Gasteiger partial charge in [-0.1, -0.05) is 6.07 Å². The third-order valence-electron chi connectivity index (χ3n) is 4.33. The molecule has 21 heavy (non-hydrogen) atoms. The van der Waals surface area contributed by atoms with Crippen LogP contribution in [0, 0.1) is 6.92 Å². The molecule has 3 rings (SSSR count). The molecule has 1 aromatic heterocycles. The van der Waals surface area contributed by atoms with E-state index in [1.807, 2.05) is 23.1 Å². The molecule has 1 aromatic carbocycles. The lowest BCUT2D eigenvalue weighted by atomic mass is 10.1. The van der Waals surface area contributed by atoms with Crippen molar-refractivity contribution in [1.82, 2.24) is 14.7 Å². The second-order valence-corrected chi connectivity index (χ2v) is 5.78. The fourth-order valence-electron chi connectivity index (χ4n) is 3.12. The van der Waals surface area contributed by atoms with E-state index in [9.17, 15) is 0 Å². The summed E-state index contributed by atoms with van der Waals surface area (Å²) in [4.78, 5) is 2.54. The Hall–Kier alpha value is -1.65. The molecule has 0 spiro atoms. The highest BCUT2D eigenvalue weighted by Crippen LogP contribution is 2.22. The van der Waals surface area contributed by atoms with Crippen LogP contribution < -0.4 is 0 Å². The Morgan fingerprint density at radius 3 is 3.00 bits per heavy atom. The molecule has 1 fully saturated rings. The van der Waals surface area contributed by atoms with Gasteiger partial charge in [-0.15, -0.1) is 0 Å². The summed E-state index contributed by atoms with van der Waals surface area (Å²) in [6.45, 7) is 5.21. The number of ether oxygens (including phenoxy) is 1. The number of methoxy groups -OCH3 is 1. The molecular weight excluding hydrogens is 262 g/mol. The lowest BCUT2D eigenvalue weighted by Crippen LogP contribution is -2.32. The van der Waals surface area contributed by atoms with Crippen molar-refractivity contribution < 1.29 is 4.74 Å². The Kier molecular flexibility index (Phi) is 4.36. The topological polar surface area (TPSA) is 30.3 Å². The number of nitrogens with zero attached hydrogens (tertiary/aromatic N) is 3. The van der Waals surface area contributed by atoms with Gasteiger partial charge in [0.1, 0.15) is 0 Å². The summed E-state index contributed by atoms with van der Waals surface area (Å²) in [5, 5.41) is 4.29. The molecule has 4 heteroatoms. The summed E-state index contributed by atoms with van der Waals surface area (Å²) < 4.78 is 7.24. The van der Waals surface area contributed by atoms with E-state index in [2.05, 4.69) is 35.1 Å². The van der Waals surface area contributed by atoms with Gasteiger partial charge in [-0.05, 0) is 55.6 Å². The van der Waals surface area contributed by atoms with Crippen LogP contribution in [0.15, 0.2) is 36.7 Å². The molecule has 0 unspecified atom stereocenters. The van der Waals surface area contributed by atoms with Crippen molar-refractivity contribution in [3.8, 4) is 5.69 Å². The molecule has 0 N–H and O–H groups in total. The third-order valence-corrected chi connectivity index (χ3v) is 4.33. The molecule has 0 aliphatic carbocycles. The van der Waals surface area contributed by atoms with Crippen LogP contribution in [-0.4, -0.2) is 41.0 Å². The third kappa shape index (κ3) is 3.17. The van der Waals surface area contributed by atoms with Gasteiger partial charge in [0.2, 0.25) is 0 Å². The SMILES string of the molecule is COC[C@@H]1CCCN1Cc1ccc(-n2cccn2)cc1C. The molecule has 2 heterocycles. The maximum Gasteiger partial charge on any atom is 0.0648 e. The van der Waals surface area contributed by atoms with Crippen LogP contribution in [0.25, 0.3) is 5.69 Å². The minimum absolute atomic E-state index is 0.570. The van der Waals surface area contributed by atoms with E-state index in [0.29, 0.717) is 6.04 Å². The van der Waals surface area contributed by atoms with Crippen molar-refractivity contribution in [3.63, 3.8) is 0 Å². The highest BCUT2D eigenvalue weighted by Gasteiger charge is 2.24. The highest BCUT2D eigenvalue weighted by atomic mass is 16.5. The summed E-state index contributed by atoms with van der Waals surface area (Å²) >= 11 is 0. The first-order chi connectivity index (χ1) is 10.3. The number of aromatic nitrogens is 2. The first kappa shape index (κ1) is 14.3. The predicted molar refractivity (Wildman–Crippen MR) is 83.6 cm³/mol. The fourth-order valence-corrected chi connectivity index (χ4v) is 3.12.